The van der Waals surface area contributed by atoms with Gasteiger partial charge < -0.3 is 9.47 Å². The molecular weight excluding hydrogens is 312 g/mol. The average Bonchev–Trinajstić information content (AvgIpc) is 3.08. The van der Waals surface area contributed by atoms with Gasteiger partial charge in [0.25, 0.3) is 0 Å². The summed E-state index contributed by atoms with van der Waals surface area (Å²) in [6.07, 6.45) is 3.61. The second kappa shape index (κ2) is 6.51. The van der Waals surface area contributed by atoms with E-state index in [1.807, 2.05) is 4.57 Å². The van der Waals surface area contributed by atoms with Gasteiger partial charge in [-0.3, -0.25) is 0 Å². The Kier molecular flexibility index (Phi) is 4.67. The number of hydrogen-bond donors (Lipinski definition) is 0. The summed E-state index contributed by atoms with van der Waals surface area (Å²) in [5.41, 5.74) is 1.48. The van der Waals surface area contributed by atoms with Crippen LogP contribution in [-0.2, 0) is 12.4 Å². The molecule has 0 saturated carbocycles. The lowest BCUT2D eigenvalue weighted by Gasteiger charge is -2.15. The van der Waals surface area contributed by atoms with E-state index in [1.54, 1.807) is 6.07 Å². The Bertz CT molecular complexity index is 635. The lowest BCUT2D eigenvalue weighted by atomic mass is 10.3. The first-order valence-electron chi connectivity index (χ1n) is 7.31. The number of likely N-dealkylation sites (tertiary alicyclic amines) is 1. The van der Waals surface area contributed by atoms with Crippen LogP contribution in [0.15, 0.2) is 12.1 Å². The number of aryl methyl sites for hydroxylation is 1. The fourth-order valence-electron chi connectivity index (χ4n) is 2.98. The Morgan fingerprint density at radius 1 is 1.19 bits per heavy atom. The van der Waals surface area contributed by atoms with E-state index in [2.05, 4.69) is 9.88 Å². The van der Waals surface area contributed by atoms with Crippen molar-refractivity contribution in [2.45, 2.75) is 31.7 Å². The molecule has 0 unspecified atom stereocenters. The van der Waals surface area contributed by atoms with Crippen molar-refractivity contribution in [2.24, 2.45) is 0 Å². The summed E-state index contributed by atoms with van der Waals surface area (Å²) in [7, 11) is 0. The molecule has 1 aromatic heterocycles. The van der Waals surface area contributed by atoms with Crippen molar-refractivity contribution < 1.29 is 4.39 Å². The summed E-state index contributed by atoms with van der Waals surface area (Å²) in [5, 5.41) is 0.102. The Morgan fingerprint density at radius 2 is 1.95 bits per heavy atom. The van der Waals surface area contributed by atoms with E-state index in [4.69, 9.17) is 23.2 Å². The number of halogens is 3. The number of aromatic nitrogens is 2. The molecule has 3 nitrogen and oxygen atoms in total. The van der Waals surface area contributed by atoms with Crippen molar-refractivity contribution in [3.05, 3.63) is 28.8 Å². The number of imidazole rings is 1. The van der Waals surface area contributed by atoms with Gasteiger partial charge in [-0.2, -0.15) is 0 Å². The molecule has 6 heteroatoms. The van der Waals surface area contributed by atoms with Gasteiger partial charge in [-0.25, -0.2) is 9.37 Å². The average molecular weight is 330 g/mol. The fraction of sp³-hybridized carbons (Fsp3) is 0.533. The maximum Gasteiger partial charge on any atom is 0.144 e. The molecule has 2 aromatic rings. The predicted octanol–water partition coefficient (Wildman–Crippen LogP) is 4.05. The second-order valence-electron chi connectivity index (χ2n) is 5.47. The number of benzene rings is 1. The third kappa shape index (κ3) is 3.17. The molecule has 2 heterocycles. The monoisotopic (exact) mass is 329 g/mol. The van der Waals surface area contributed by atoms with Gasteiger partial charge in [0.1, 0.15) is 11.6 Å². The largest absolute Gasteiger partial charge is 0.327 e. The summed E-state index contributed by atoms with van der Waals surface area (Å²) in [6.45, 7) is 4.25. The van der Waals surface area contributed by atoms with Crippen molar-refractivity contribution in [3.8, 4) is 0 Å². The molecule has 1 saturated heterocycles. The van der Waals surface area contributed by atoms with Crippen LogP contribution in [0.4, 0.5) is 4.39 Å². The highest BCUT2D eigenvalue weighted by Gasteiger charge is 2.14. The Balaban J connectivity index is 1.80. The highest BCUT2D eigenvalue weighted by atomic mass is 35.5. The SMILES string of the molecule is Fc1cc2c(cc1Cl)nc(CCl)n2CCCN1CCCC1. The molecule has 114 valence electrons. The molecule has 0 spiro atoms. The van der Waals surface area contributed by atoms with Crippen LogP contribution < -0.4 is 0 Å². The van der Waals surface area contributed by atoms with Crippen molar-refractivity contribution >= 4 is 34.2 Å². The van der Waals surface area contributed by atoms with Gasteiger partial charge in [-0.15, -0.1) is 11.6 Å². The Hall–Kier alpha value is -0.840. The molecule has 0 aliphatic carbocycles. The quantitative estimate of drug-likeness (QED) is 0.771. The summed E-state index contributed by atoms with van der Waals surface area (Å²) >= 11 is 11.8. The molecule has 0 radical (unpaired) electrons. The van der Waals surface area contributed by atoms with Gasteiger partial charge in [0.15, 0.2) is 0 Å². The zero-order valence-electron chi connectivity index (χ0n) is 11.8. The van der Waals surface area contributed by atoms with Crippen molar-refractivity contribution in [2.75, 3.05) is 19.6 Å². The van der Waals surface area contributed by atoms with E-state index in [0.29, 0.717) is 11.4 Å². The Morgan fingerprint density at radius 3 is 2.67 bits per heavy atom. The summed E-state index contributed by atoms with van der Waals surface area (Å²) < 4.78 is 15.7. The van der Waals surface area contributed by atoms with Crippen LogP contribution in [-0.4, -0.2) is 34.1 Å². The Labute approximate surface area is 133 Å². The van der Waals surface area contributed by atoms with Crippen LogP contribution in [0, 0.1) is 5.82 Å². The molecule has 1 aliphatic rings. The normalized spacial score (nSPS) is 16.1. The van der Waals surface area contributed by atoms with Crippen LogP contribution in [0.1, 0.15) is 25.1 Å². The maximum absolute atomic E-state index is 13.7. The molecule has 0 amide bonds. The first-order chi connectivity index (χ1) is 10.2. The number of alkyl halides is 1. The molecule has 1 aromatic carbocycles. The topological polar surface area (TPSA) is 21.1 Å². The fourth-order valence-corrected chi connectivity index (χ4v) is 3.34. The van der Waals surface area contributed by atoms with Gasteiger partial charge in [-0.05, 0) is 45.0 Å². The van der Waals surface area contributed by atoms with Crippen LogP contribution in [0.25, 0.3) is 11.0 Å². The van der Waals surface area contributed by atoms with E-state index in [-0.39, 0.29) is 5.02 Å². The third-order valence-corrected chi connectivity index (χ3v) is 4.57. The highest BCUT2D eigenvalue weighted by Crippen LogP contribution is 2.25. The molecule has 1 aliphatic heterocycles. The highest BCUT2D eigenvalue weighted by molar-refractivity contribution is 6.31. The van der Waals surface area contributed by atoms with Crippen molar-refractivity contribution in [1.29, 1.82) is 0 Å². The van der Waals surface area contributed by atoms with E-state index < -0.39 is 5.82 Å². The zero-order valence-corrected chi connectivity index (χ0v) is 13.3. The minimum atomic E-state index is -0.411. The van der Waals surface area contributed by atoms with E-state index in [9.17, 15) is 4.39 Å². The molecule has 0 bridgehead atoms. The number of rotatable bonds is 5. The van der Waals surface area contributed by atoms with Gasteiger partial charge in [0, 0.05) is 12.6 Å². The van der Waals surface area contributed by atoms with Crippen LogP contribution in [0.5, 0.6) is 0 Å². The number of nitrogens with zero attached hydrogens (tertiary/aromatic N) is 3. The van der Waals surface area contributed by atoms with Crippen LogP contribution in [0.3, 0.4) is 0 Å². The van der Waals surface area contributed by atoms with E-state index in [1.165, 1.54) is 32.0 Å². The smallest absolute Gasteiger partial charge is 0.144 e. The molecule has 0 atom stereocenters. The molecule has 1 fully saturated rings. The summed E-state index contributed by atoms with van der Waals surface area (Å²) in [4.78, 5) is 6.92. The van der Waals surface area contributed by atoms with E-state index in [0.717, 1.165) is 30.9 Å². The van der Waals surface area contributed by atoms with Crippen molar-refractivity contribution in [3.63, 3.8) is 0 Å². The number of fused-ring (bicyclic) bond motifs is 1. The van der Waals surface area contributed by atoms with Crippen molar-refractivity contribution in [1.82, 2.24) is 14.5 Å². The molecule has 3 rings (SSSR count). The van der Waals surface area contributed by atoms with Gasteiger partial charge in [-0.1, -0.05) is 11.6 Å². The van der Waals surface area contributed by atoms with E-state index >= 15 is 0 Å². The van der Waals surface area contributed by atoms with Gasteiger partial charge in [0.05, 0.1) is 21.9 Å². The van der Waals surface area contributed by atoms with Gasteiger partial charge >= 0.3 is 0 Å². The van der Waals surface area contributed by atoms with Crippen LogP contribution in [0.2, 0.25) is 5.02 Å². The first-order valence-corrected chi connectivity index (χ1v) is 8.23. The molecule has 21 heavy (non-hydrogen) atoms. The summed E-state index contributed by atoms with van der Waals surface area (Å²) in [5.74, 6) is 0.679. The predicted molar refractivity (Wildman–Crippen MR) is 84.5 cm³/mol. The van der Waals surface area contributed by atoms with Gasteiger partial charge in [0.2, 0.25) is 0 Å². The minimum Gasteiger partial charge on any atom is -0.327 e. The third-order valence-electron chi connectivity index (χ3n) is 4.04. The lowest BCUT2D eigenvalue weighted by molar-refractivity contribution is 0.325. The minimum absolute atomic E-state index is 0.102. The van der Waals surface area contributed by atoms with Crippen LogP contribution >= 0.6 is 23.2 Å². The molecular formula is C15H18Cl2FN3. The second-order valence-corrected chi connectivity index (χ2v) is 6.15. The maximum atomic E-state index is 13.7. The standard InChI is InChI=1S/C15H18Cl2FN3/c16-10-15-19-13-8-11(17)12(18)9-14(13)21(15)7-3-6-20-4-1-2-5-20/h8-9H,1-7,10H2. The number of hydrogen-bond acceptors (Lipinski definition) is 2. The zero-order chi connectivity index (χ0) is 14.8. The lowest BCUT2D eigenvalue weighted by Crippen LogP contribution is -2.21. The summed E-state index contributed by atoms with van der Waals surface area (Å²) in [6, 6.07) is 3.02. The first kappa shape index (κ1) is 15.1. The molecule has 0 N–H and O–H groups in total.